The summed E-state index contributed by atoms with van der Waals surface area (Å²) in [7, 11) is 0. The van der Waals surface area contributed by atoms with Crippen LogP contribution < -0.4 is 5.32 Å². The number of alkyl carbamates (subject to hydrolysis) is 1. The number of amides is 2. The van der Waals surface area contributed by atoms with Gasteiger partial charge in [-0.25, -0.2) is 9.18 Å². The SMILES string of the molecule is CCOC(=O)NC(=O)CSc1ccc(F)c(Cl)c1. The van der Waals surface area contributed by atoms with Crippen LogP contribution in [0.1, 0.15) is 6.92 Å². The second-order valence-electron chi connectivity index (χ2n) is 3.13. The number of carbonyl (C=O) groups excluding carboxylic acids is 2. The number of benzene rings is 1. The second-order valence-corrected chi connectivity index (χ2v) is 4.59. The maximum Gasteiger partial charge on any atom is 0.413 e. The van der Waals surface area contributed by atoms with Crippen LogP contribution in [0.25, 0.3) is 0 Å². The number of thioether (sulfide) groups is 1. The van der Waals surface area contributed by atoms with E-state index in [1.54, 1.807) is 6.92 Å². The molecule has 0 aliphatic rings. The van der Waals surface area contributed by atoms with Crippen molar-refractivity contribution in [3.63, 3.8) is 0 Å². The topological polar surface area (TPSA) is 55.4 Å². The monoisotopic (exact) mass is 291 g/mol. The number of nitrogens with one attached hydrogen (secondary N) is 1. The first kappa shape index (κ1) is 14.8. The molecule has 1 aromatic carbocycles. The molecule has 7 heteroatoms. The van der Waals surface area contributed by atoms with Crippen LogP contribution in [0, 0.1) is 5.82 Å². The number of halogens is 2. The van der Waals surface area contributed by atoms with E-state index in [0.717, 1.165) is 11.8 Å². The standard InChI is InChI=1S/C11H11ClFNO3S/c1-2-17-11(16)14-10(15)6-18-7-3-4-9(13)8(12)5-7/h3-5H,2,6H2,1H3,(H,14,15,16). The van der Waals surface area contributed by atoms with E-state index in [1.165, 1.54) is 18.2 Å². The summed E-state index contributed by atoms with van der Waals surface area (Å²) >= 11 is 6.73. The van der Waals surface area contributed by atoms with Crippen molar-refractivity contribution in [1.82, 2.24) is 5.32 Å². The van der Waals surface area contributed by atoms with Crippen LogP contribution in [0.3, 0.4) is 0 Å². The minimum absolute atomic E-state index is 0.00852. The number of rotatable bonds is 4. The smallest absolute Gasteiger partial charge is 0.413 e. The average molecular weight is 292 g/mol. The van der Waals surface area contributed by atoms with E-state index in [9.17, 15) is 14.0 Å². The Kier molecular flexibility index (Phi) is 5.94. The van der Waals surface area contributed by atoms with Gasteiger partial charge in [-0.1, -0.05) is 11.6 Å². The van der Waals surface area contributed by atoms with Crippen molar-refractivity contribution in [2.24, 2.45) is 0 Å². The van der Waals surface area contributed by atoms with Crippen molar-refractivity contribution >= 4 is 35.4 Å². The molecule has 1 N–H and O–H groups in total. The van der Waals surface area contributed by atoms with Gasteiger partial charge < -0.3 is 4.74 Å². The number of hydrogen-bond donors (Lipinski definition) is 1. The molecule has 4 nitrogen and oxygen atoms in total. The van der Waals surface area contributed by atoms with Gasteiger partial charge in [0.1, 0.15) is 5.82 Å². The van der Waals surface area contributed by atoms with Crippen LogP contribution in [0.4, 0.5) is 9.18 Å². The van der Waals surface area contributed by atoms with Crippen molar-refractivity contribution in [2.45, 2.75) is 11.8 Å². The fourth-order valence-corrected chi connectivity index (χ4v) is 2.01. The Hall–Kier alpha value is -1.27. The van der Waals surface area contributed by atoms with E-state index in [-0.39, 0.29) is 17.4 Å². The summed E-state index contributed by atoms with van der Waals surface area (Å²) in [4.78, 5) is 22.9. The molecule has 0 saturated heterocycles. The Bertz CT molecular complexity index is 456. The first-order valence-electron chi connectivity index (χ1n) is 5.07. The van der Waals surface area contributed by atoms with Gasteiger partial charge in [-0.3, -0.25) is 10.1 Å². The molecule has 0 unspecified atom stereocenters. The first-order chi connectivity index (χ1) is 8.52. The number of carbonyl (C=O) groups is 2. The summed E-state index contributed by atoms with van der Waals surface area (Å²) in [5.74, 6) is -0.989. The van der Waals surface area contributed by atoms with Crippen molar-refractivity contribution in [1.29, 1.82) is 0 Å². The fourth-order valence-electron chi connectivity index (χ4n) is 1.03. The van der Waals surface area contributed by atoms with Gasteiger partial charge in [-0.2, -0.15) is 0 Å². The zero-order valence-corrected chi connectivity index (χ0v) is 11.1. The molecule has 18 heavy (non-hydrogen) atoms. The Balaban J connectivity index is 2.42. The van der Waals surface area contributed by atoms with E-state index in [2.05, 4.69) is 4.74 Å². The maximum absolute atomic E-state index is 12.9. The summed E-state index contributed by atoms with van der Waals surface area (Å²) in [6.45, 7) is 1.83. The Morgan fingerprint density at radius 1 is 1.50 bits per heavy atom. The molecule has 0 aliphatic carbocycles. The van der Waals surface area contributed by atoms with Gasteiger partial charge in [0, 0.05) is 4.90 Å². The van der Waals surface area contributed by atoms with E-state index in [4.69, 9.17) is 11.6 Å². The molecule has 0 aliphatic heterocycles. The molecular formula is C11H11ClFNO3S. The highest BCUT2D eigenvalue weighted by Crippen LogP contribution is 2.23. The van der Waals surface area contributed by atoms with E-state index < -0.39 is 17.8 Å². The molecular weight excluding hydrogens is 281 g/mol. The van der Waals surface area contributed by atoms with Crippen molar-refractivity contribution in [3.8, 4) is 0 Å². The predicted molar refractivity (Wildman–Crippen MR) is 67.3 cm³/mol. The maximum atomic E-state index is 12.9. The molecule has 0 bridgehead atoms. The van der Waals surface area contributed by atoms with Crippen LogP contribution >= 0.6 is 23.4 Å². The third-order valence-corrected chi connectivity index (χ3v) is 3.06. The quantitative estimate of drug-likeness (QED) is 0.867. The lowest BCUT2D eigenvalue weighted by Gasteiger charge is -2.04. The molecule has 98 valence electrons. The van der Waals surface area contributed by atoms with Gasteiger partial charge in [-0.15, -0.1) is 11.8 Å². The average Bonchev–Trinajstić information content (AvgIpc) is 2.31. The van der Waals surface area contributed by atoms with Crippen LogP contribution in [-0.4, -0.2) is 24.4 Å². The predicted octanol–water partition coefficient (Wildman–Crippen LogP) is 2.84. The van der Waals surface area contributed by atoms with Gasteiger partial charge in [0.25, 0.3) is 0 Å². The van der Waals surface area contributed by atoms with Gasteiger partial charge in [-0.05, 0) is 25.1 Å². The lowest BCUT2D eigenvalue weighted by Crippen LogP contribution is -2.32. The van der Waals surface area contributed by atoms with Crippen molar-refractivity contribution in [2.75, 3.05) is 12.4 Å². The van der Waals surface area contributed by atoms with Crippen LogP contribution in [-0.2, 0) is 9.53 Å². The molecule has 0 heterocycles. The van der Waals surface area contributed by atoms with Crippen molar-refractivity contribution < 1.29 is 18.7 Å². The highest BCUT2D eigenvalue weighted by molar-refractivity contribution is 8.00. The van der Waals surface area contributed by atoms with Gasteiger partial charge in [0.15, 0.2) is 0 Å². The fraction of sp³-hybridized carbons (Fsp3) is 0.273. The van der Waals surface area contributed by atoms with E-state index >= 15 is 0 Å². The Morgan fingerprint density at radius 2 is 2.22 bits per heavy atom. The molecule has 0 spiro atoms. The summed E-state index contributed by atoms with van der Waals surface area (Å²) in [6, 6.07) is 4.14. The molecule has 0 atom stereocenters. The molecule has 1 aromatic rings. The van der Waals surface area contributed by atoms with Crippen LogP contribution in [0.5, 0.6) is 0 Å². The summed E-state index contributed by atoms with van der Waals surface area (Å²) < 4.78 is 17.4. The van der Waals surface area contributed by atoms with Crippen molar-refractivity contribution in [3.05, 3.63) is 29.0 Å². The molecule has 0 radical (unpaired) electrons. The minimum Gasteiger partial charge on any atom is -0.450 e. The summed E-state index contributed by atoms with van der Waals surface area (Å²) in [5.41, 5.74) is 0. The Morgan fingerprint density at radius 3 is 2.83 bits per heavy atom. The van der Waals surface area contributed by atoms with Crippen LogP contribution in [0.15, 0.2) is 23.1 Å². The normalized spacial score (nSPS) is 9.94. The highest BCUT2D eigenvalue weighted by Gasteiger charge is 2.09. The zero-order valence-electron chi connectivity index (χ0n) is 9.54. The second kappa shape index (κ2) is 7.23. The summed E-state index contributed by atoms with van der Waals surface area (Å²) in [5, 5.41) is 2.04. The number of hydrogen-bond acceptors (Lipinski definition) is 4. The first-order valence-corrected chi connectivity index (χ1v) is 6.43. The highest BCUT2D eigenvalue weighted by atomic mass is 35.5. The summed E-state index contributed by atoms with van der Waals surface area (Å²) in [6.07, 6.45) is -0.778. The zero-order chi connectivity index (χ0) is 13.5. The Labute approximate surface area is 113 Å². The molecule has 0 fully saturated rings. The largest absolute Gasteiger partial charge is 0.450 e. The van der Waals surface area contributed by atoms with Gasteiger partial charge in [0.2, 0.25) is 5.91 Å². The minimum atomic E-state index is -0.778. The van der Waals surface area contributed by atoms with E-state index in [1.807, 2.05) is 5.32 Å². The third-order valence-electron chi connectivity index (χ3n) is 1.78. The van der Waals surface area contributed by atoms with E-state index in [0.29, 0.717) is 4.90 Å². The van der Waals surface area contributed by atoms with Gasteiger partial charge >= 0.3 is 6.09 Å². The molecule has 1 rings (SSSR count). The molecule has 0 aromatic heterocycles. The van der Waals surface area contributed by atoms with Crippen LogP contribution in [0.2, 0.25) is 5.02 Å². The number of ether oxygens (including phenoxy) is 1. The van der Waals surface area contributed by atoms with Gasteiger partial charge in [0.05, 0.1) is 17.4 Å². The molecule has 2 amide bonds. The lowest BCUT2D eigenvalue weighted by atomic mass is 10.3. The molecule has 0 saturated carbocycles. The third kappa shape index (κ3) is 4.93. The number of imide groups is 1. The lowest BCUT2D eigenvalue weighted by molar-refractivity contribution is -0.117.